The number of aromatic nitrogens is 6. The van der Waals surface area contributed by atoms with Crippen LogP contribution >= 0.6 is 0 Å². The molecule has 0 saturated heterocycles. The Kier molecular flexibility index (Phi) is 4.04. The van der Waals surface area contributed by atoms with Gasteiger partial charge in [-0.25, -0.2) is 4.68 Å². The van der Waals surface area contributed by atoms with Crippen LogP contribution in [-0.4, -0.2) is 52.9 Å². The molecule has 0 saturated carbocycles. The number of ketones is 1. The highest BCUT2D eigenvalue weighted by atomic mass is 16.2. The van der Waals surface area contributed by atoms with Crippen molar-refractivity contribution in [1.29, 1.82) is 0 Å². The van der Waals surface area contributed by atoms with Gasteiger partial charge in [-0.2, -0.15) is 0 Å². The normalized spacial score (nSPS) is 13.5. The molecule has 0 bridgehead atoms. The van der Waals surface area contributed by atoms with Crippen LogP contribution in [-0.2, 0) is 24.4 Å². The van der Waals surface area contributed by atoms with E-state index in [1.807, 2.05) is 23.6 Å². The van der Waals surface area contributed by atoms with Gasteiger partial charge in [0.05, 0.1) is 12.7 Å². The highest BCUT2D eigenvalue weighted by Crippen LogP contribution is 2.11. The standard InChI is InChI=1S/C17H17N7O2/c1-12-2-4-13(5-3-12)17(26)14-8-24(21-19-14)10-16(25)22-6-7-23-11-18-20-15(23)9-22/h2-5,8,11H,6-7,9-10H2,1H3. The fourth-order valence-corrected chi connectivity index (χ4v) is 2.85. The topological polar surface area (TPSA) is 98.8 Å². The molecule has 2 aromatic heterocycles. The molecular formula is C17H17N7O2. The summed E-state index contributed by atoms with van der Waals surface area (Å²) in [6.45, 7) is 3.67. The van der Waals surface area contributed by atoms with Crippen molar-refractivity contribution in [3.63, 3.8) is 0 Å². The Bertz CT molecular complexity index is 958. The van der Waals surface area contributed by atoms with Crippen molar-refractivity contribution in [3.05, 3.63) is 59.4 Å². The van der Waals surface area contributed by atoms with E-state index in [0.29, 0.717) is 25.2 Å². The van der Waals surface area contributed by atoms with Crippen molar-refractivity contribution < 1.29 is 9.59 Å². The van der Waals surface area contributed by atoms with Gasteiger partial charge < -0.3 is 9.47 Å². The fourth-order valence-electron chi connectivity index (χ4n) is 2.85. The van der Waals surface area contributed by atoms with Crippen LogP contribution in [0.25, 0.3) is 0 Å². The summed E-state index contributed by atoms with van der Waals surface area (Å²) in [6.07, 6.45) is 3.17. The zero-order valence-corrected chi connectivity index (χ0v) is 14.2. The van der Waals surface area contributed by atoms with Crippen LogP contribution in [0.2, 0.25) is 0 Å². The first-order valence-corrected chi connectivity index (χ1v) is 8.26. The molecule has 1 aromatic carbocycles. The van der Waals surface area contributed by atoms with Crippen LogP contribution in [0.1, 0.15) is 27.4 Å². The number of benzene rings is 1. The Balaban J connectivity index is 1.43. The van der Waals surface area contributed by atoms with Gasteiger partial charge in [-0.3, -0.25) is 9.59 Å². The lowest BCUT2D eigenvalue weighted by Gasteiger charge is -2.26. The van der Waals surface area contributed by atoms with Crippen LogP contribution in [0.3, 0.4) is 0 Å². The second kappa shape index (κ2) is 6.51. The molecule has 1 aliphatic heterocycles. The molecule has 132 valence electrons. The lowest BCUT2D eigenvalue weighted by Crippen LogP contribution is -2.40. The summed E-state index contributed by atoms with van der Waals surface area (Å²) in [6, 6.07) is 7.25. The Morgan fingerprint density at radius 2 is 1.92 bits per heavy atom. The molecule has 1 aliphatic rings. The maximum absolute atomic E-state index is 12.5. The van der Waals surface area contributed by atoms with Crippen LogP contribution in [0.4, 0.5) is 0 Å². The maximum Gasteiger partial charge on any atom is 0.244 e. The van der Waals surface area contributed by atoms with E-state index in [9.17, 15) is 9.59 Å². The largest absolute Gasteiger partial charge is 0.332 e. The minimum absolute atomic E-state index is 0.0301. The molecule has 3 aromatic rings. The van der Waals surface area contributed by atoms with Crippen LogP contribution in [0, 0.1) is 6.92 Å². The van der Waals surface area contributed by atoms with Crippen molar-refractivity contribution in [2.24, 2.45) is 0 Å². The number of hydrogen-bond donors (Lipinski definition) is 0. The van der Waals surface area contributed by atoms with E-state index in [0.717, 1.165) is 11.4 Å². The molecule has 26 heavy (non-hydrogen) atoms. The van der Waals surface area contributed by atoms with Gasteiger partial charge in [0.25, 0.3) is 0 Å². The average Bonchev–Trinajstić information content (AvgIpc) is 3.30. The lowest BCUT2D eigenvalue weighted by molar-refractivity contribution is -0.133. The SMILES string of the molecule is Cc1ccc(C(=O)c2cn(CC(=O)N3CCn4cnnc4C3)nn2)cc1. The number of carbonyl (C=O) groups is 2. The summed E-state index contributed by atoms with van der Waals surface area (Å²) in [7, 11) is 0. The second-order valence-corrected chi connectivity index (χ2v) is 6.25. The van der Waals surface area contributed by atoms with Crippen molar-refractivity contribution in [1.82, 2.24) is 34.7 Å². The van der Waals surface area contributed by atoms with E-state index in [2.05, 4.69) is 20.5 Å². The average molecular weight is 351 g/mol. The number of aryl methyl sites for hydroxylation is 1. The highest BCUT2D eigenvalue weighted by Gasteiger charge is 2.23. The van der Waals surface area contributed by atoms with Crippen LogP contribution in [0.15, 0.2) is 36.8 Å². The summed E-state index contributed by atoms with van der Waals surface area (Å²) >= 11 is 0. The third-order valence-electron chi connectivity index (χ3n) is 4.37. The summed E-state index contributed by atoms with van der Waals surface area (Å²) in [5.41, 5.74) is 1.84. The molecule has 0 unspecified atom stereocenters. The third-order valence-corrected chi connectivity index (χ3v) is 4.37. The Morgan fingerprint density at radius 3 is 2.73 bits per heavy atom. The van der Waals surface area contributed by atoms with Gasteiger partial charge in [0.15, 0.2) is 11.5 Å². The zero-order chi connectivity index (χ0) is 18.1. The van der Waals surface area contributed by atoms with E-state index in [4.69, 9.17) is 0 Å². The molecule has 9 nitrogen and oxygen atoms in total. The van der Waals surface area contributed by atoms with Crippen molar-refractivity contribution >= 4 is 11.7 Å². The first kappa shape index (κ1) is 16.1. The maximum atomic E-state index is 12.5. The Hall–Kier alpha value is -3.36. The smallest absolute Gasteiger partial charge is 0.244 e. The molecule has 1 amide bonds. The van der Waals surface area contributed by atoms with Gasteiger partial charge in [-0.15, -0.1) is 15.3 Å². The molecule has 0 radical (unpaired) electrons. The van der Waals surface area contributed by atoms with E-state index in [1.165, 1.54) is 10.9 Å². The first-order valence-electron chi connectivity index (χ1n) is 8.26. The minimum atomic E-state index is -0.213. The van der Waals surface area contributed by atoms with Crippen molar-refractivity contribution in [3.8, 4) is 0 Å². The quantitative estimate of drug-likeness (QED) is 0.633. The number of carbonyl (C=O) groups excluding carboxylic acids is 2. The molecule has 9 heteroatoms. The fraction of sp³-hybridized carbons (Fsp3) is 0.294. The zero-order valence-electron chi connectivity index (χ0n) is 14.2. The number of fused-ring (bicyclic) bond motifs is 1. The van der Waals surface area contributed by atoms with Gasteiger partial charge >= 0.3 is 0 Å². The van der Waals surface area contributed by atoms with E-state index < -0.39 is 0 Å². The van der Waals surface area contributed by atoms with Gasteiger partial charge in [0.2, 0.25) is 11.7 Å². The molecule has 0 N–H and O–H groups in total. The molecular weight excluding hydrogens is 334 g/mol. The molecule has 4 rings (SSSR count). The van der Waals surface area contributed by atoms with Crippen molar-refractivity contribution in [2.45, 2.75) is 26.6 Å². The van der Waals surface area contributed by atoms with Crippen LogP contribution < -0.4 is 0 Å². The monoisotopic (exact) mass is 351 g/mol. The second-order valence-electron chi connectivity index (χ2n) is 6.25. The van der Waals surface area contributed by atoms with Crippen molar-refractivity contribution in [2.75, 3.05) is 6.54 Å². The van der Waals surface area contributed by atoms with Gasteiger partial charge in [-0.1, -0.05) is 35.0 Å². The highest BCUT2D eigenvalue weighted by molar-refractivity contribution is 6.07. The predicted molar refractivity (Wildman–Crippen MR) is 90.1 cm³/mol. The number of rotatable bonds is 4. The number of nitrogens with zero attached hydrogens (tertiary/aromatic N) is 7. The first-order chi connectivity index (χ1) is 12.6. The molecule has 0 fully saturated rings. The summed E-state index contributed by atoms with van der Waals surface area (Å²) in [5.74, 6) is 0.451. The van der Waals surface area contributed by atoms with Crippen LogP contribution in [0.5, 0.6) is 0 Å². The Morgan fingerprint density at radius 1 is 1.12 bits per heavy atom. The van der Waals surface area contributed by atoms with Gasteiger partial charge in [0, 0.05) is 18.7 Å². The number of hydrogen-bond acceptors (Lipinski definition) is 6. The molecule has 3 heterocycles. The van der Waals surface area contributed by atoms with E-state index in [1.54, 1.807) is 23.4 Å². The van der Waals surface area contributed by atoms with Gasteiger partial charge in [0.1, 0.15) is 12.9 Å². The van der Waals surface area contributed by atoms with E-state index >= 15 is 0 Å². The van der Waals surface area contributed by atoms with Gasteiger partial charge in [-0.05, 0) is 6.92 Å². The number of amides is 1. The minimum Gasteiger partial charge on any atom is -0.332 e. The third kappa shape index (κ3) is 3.10. The lowest BCUT2D eigenvalue weighted by atomic mass is 10.1. The molecule has 0 spiro atoms. The Labute approximate surface area is 149 Å². The summed E-state index contributed by atoms with van der Waals surface area (Å²) in [5, 5.41) is 15.7. The summed E-state index contributed by atoms with van der Waals surface area (Å²) in [4.78, 5) is 26.6. The summed E-state index contributed by atoms with van der Waals surface area (Å²) < 4.78 is 3.32. The predicted octanol–water partition coefficient (Wildman–Crippen LogP) is 0.451. The molecule has 0 atom stereocenters. The molecule has 0 aliphatic carbocycles. The van der Waals surface area contributed by atoms with E-state index in [-0.39, 0.29) is 23.9 Å².